The van der Waals surface area contributed by atoms with Crippen molar-refractivity contribution < 1.29 is 9.32 Å². The lowest BCUT2D eigenvalue weighted by Gasteiger charge is -2.31. The van der Waals surface area contributed by atoms with Gasteiger partial charge in [-0.2, -0.15) is 0 Å². The number of para-hydroxylation sites is 2. The summed E-state index contributed by atoms with van der Waals surface area (Å²) in [6, 6.07) is 16.9. The van der Waals surface area contributed by atoms with Crippen LogP contribution in [-0.4, -0.2) is 39.0 Å². The van der Waals surface area contributed by atoms with Crippen LogP contribution < -0.4 is 0 Å². The van der Waals surface area contributed by atoms with Gasteiger partial charge in [-0.25, -0.2) is 4.98 Å². The Hall–Kier alpha value is -3.12. The van der Waals surface area contributed by atoms with Crippen molar-refractivity contribution in [2.75, 3.05) is 13.1 Å². The number of nitrogens with zero attached hydrogens (tertiary/aromatic N) is 3. The van der Waals surface area contributed by atoms with Gasteiger partial charge in [0.15, 0.2) is 11.5 Å². The van der Waals surface area contributed by atoms with Crippen LogP contribution in [0.2, 0.25) is 5.02 Å². The van der Waals surface area contributed by atoms with Crippen molar-refractivity contribution >= 4 is 28.5 Å². The second-order valence-electron chi connectivity index (χ2n) is 7.31. The zero-order chi connectivity index (χ0) is 19.8. The molecule has 2 aromatic heterocycles. The van der Waals surface area contributed by atoms with Crippen LogP contribution in [0.3, 0.4) is 0 Å². The maximum atomic E-state index is 13.0. The summed E-state index contributed by atoms with van der Waals surface area (Å²) in [6.45, 7) is 1.32. The third-order valence-electron chi connectivity index (χ3n) is 5.36. The highest BCUT2D eigenvalue weighted by Gasteiger charge is 2.29. The summed E-state index contributed by atoms with van der Waals surface area (Å²) < 4.78 is 5.39. The van der Waals surface area contributed by atoms with Gasteiger partial charge in [0.1, 0.15) is 5.82 Å². The van der Waals surface area contributed by atoms with Crippen molar-refractivity contribution in [1.29, 1.82) is 0 Å². The van der Waals surface area contributed by atoms with E-state index in [9.17, 15) is 4.79 Å². The predicted molar refractivity (Wildman–Crippen MR) is 111 cm³/mol. The van der Waals surface area contributed by atoms with E-state index in [0.29, 0.717) is 29.6 Å². The topological polar surface area (TPSA) is 75.0 Å². The lowest BCUT2D eigenvalue weighted by molar-refractivity contribution is 0.0694. The highest BCUT2D eigenvalue weighted by atomic mass is 35.5. The smallest absolute Gasteiger partial charge is 0.276 e. The van der Waals surface area contributed by atoms with E-state index in [1.54, 1.807) is 18.2 Å². The molecular formula is C22H19ClN4O2. The summed E-state index contributed by atoms with van der Waals surface area (Å²) in [5.74, 6) is 1.55. The van der Waals surface area contributed by atoms with Crippen LogP contribution in [0.1, 0.15) is 35.1 Å². The van der Waals surface area contributed by atoms with Crippen molar-refractivity contribution in [1.82, 2.24) is 20.0 Å². The van der Waals surface area contributed by atoms with Crippen molar-refractivity contribution in [2.24, 2.45) is 0 Å². The molecule has 3 heterocycles. The molecule has 4 aromatic rings. The van der Waals surface area contributed by atoms with Gasteiger partial charge in [0, 0.05) is 35.7 Å². The van der Waals surface area contributed by atoms with Gasteiger partial charge in [-0.15, -0.1) is 0 Å². The highest BCUT2D eigenvalue weighted by molar-refractivity contribution is 6.30. The number of amides is 1. The van der Waals surface area contributed by atoms with Gasteiger partial charge in [0.2, 0.25) is 0 Å². The highest BCUT2D eigenvalue weighted by Crippen LogP contribution is 2.28. The quantitative estimate of drug-likeness (QED) is 0.525. The van der Waals surface area contributed by atoms with Crippen LogP contribution in [0.15, 0.2) is 59.1 Å². The number of aromatic nitrogens is 3. The fraction of sp³-hybridized carbons (Fsp3) is 0.227. The number of piperidine rings is 1. The van der Waals surface area contributed by atoms with Crippen LogP contribution in [-0.2, 0) is 0 Å². The molecule has 1 unspecified atom stereocenters. The van der Waals surface area contributed by atoms with Gasteiger partial charge in [-0.3, -0.25) is 4.79 Å². The van der Waals surface area contributed by atoms with Crippen LogP contribution in [0.4, 0.5) is 0 Å². The standard InChI is InChI=1S/C22H19ClN4O2/c23-16-9-7-14(8-10-16)20-12-19(26-29-20)22(28)27-11-3-4-15(13-27)21-24-17-5-1-2-6-18(17)25-21/h1-2,5-10,12,15H,3-4,11,13H2,(H,24,25). The average Bonchev–Trinajstić information content (AvgIpc) is 3.41. The van der Waals surface area contributed by atoms with Gasteiger partial charge < -0.3 is 14.4 Å². The number of H-pyrrole nitrogens is 1. The zero-order valence-corrected chi connectivity index (χ0v) is 16.4. The van der Waals surface area contributed by atoms with Gasteiger partial charge in [-0.05, 0) is 49.2 Å². The molecule has 1 amide bonds. The fourth-order valence-electron chi connectivity index (χ4n) is 3.84. The lowest BCUT2D eigenvalue weighted by atomic mass is 9.97. The number of rotatable bonds is 3. The Morgan fingerprint density at radius 3 is 2.83 bits per heavy atom. The normalized spacial score (nSPS) is 17.0. The van der Waals surface area contributed by atoms with E-state index in [0.717, 1.165) is 35.3 Å². The molecule has 6 nitrogen and oxygen atoms in total. The molecule has 0 spiro atoms. The summed E-state index contributed by atoms with van der Waals surface area (Å²) in [7, 11) is 0. The van der Waals surface area contributed by atoms with E-state index in [-0.39, 0.29) is 11.8 Å². The molecule has 0 aliphatic carbocycles. The third kappa shape index (κ3) is 3.51. The minimum absolute atomic E-state index is 0.116. The number of carbonyl (C=O) groups is 1. The SMILES string of the molecule is O=C(c1cc(-c2ccc(Cl)cc2)on1)N1CCCC(c2nc3ccccc3[nH]2)C1. The number of nitrogens with one attached hydrogen (secondary N) is 1. The Kier molecular flexibility index (Phi) is 4.56. The number of aromatic amines is 1. The molecule has 7 heteroatoms. The number of likely N-dealkylation sites (tertiary alicyclic amines) is 1. The number of carbonyl (C=O) groups excluding carboxylic acids is 1. The number of imidazole rings is 1. The zero-order valence-electron chi connectivity index (χ0n) is 15.6. The molecule has 1 N–H and O–H groups in total. The molecule has 0 bridgehead atoms. The molecular weight excluding hydrogens is 388 g/mol. The second-order valence-corrected chi connectivity index (χ2v) is 7.75. The van der Waals surface area contributed by atoms with Crippen LogP contribution in [0, 0.1) is 0 Å². The predicted octanol–water partition coefficient (Wildman–Crippen LogP) is 4.89. The first-order valence-electron chi connectivity index (χ1n) is 9.64. The summed E-state index contributed by atoms with van der Waals surface area (Å²) in [4.78, 5) is 23.0. The molecule has 0 saturated carbocycles. The monoisotopic (exact) mass is 406 g/mol. The Bertz CT molecular complexity index is 1130. The third-order valence-corrected chi connectivity index (χ3v) is 5.61. The molecule has 1 saturated heterocycles. The number of halogens is 1. The lowest BCUT2D eigenvalue weighted by Crippen LogP contribution is -2.39. The van der Waals surface area contributed by atoms with Crippen molar-refractivity contribution in [2.45, 2.75) is 18.8 Å². The first-order chi connectivity index (χ1) is 14.2. The first-order valence-corrected chi connectivity index (χ1v) is 10.0. The summed E-state index contributed by atoms with van der Waals surface area (Å²) in [5.41, 5.74) is 3.13. The van der Waals surface area contributed by atoms with E-state index in [2.05, 4.69) is 10.1 Å². The largest absolute Gasteiger partial charge is 0.355 e. The minimum atomic E-state index is -0.116. The molecule has 1 fully saturated rings. The average molecular weight is 407 g/mol. The van der Waals surface area contributed by atoms with E-state index >= 15 is 0 Å². The fourth-order valence-corrected chi connectivity index (χ4v) is 3.96. The molecule has 2 aromatic carbocycles. The Balaban J connectivity index is 1.34. The number of benzene rings is 2. The molecule has 1 aliphatic rings. The summed E-state index contributed by atoms with van der Waals surface area (Å²) in [5, 5.41) is 4.65. The van der Waals surface area contributed by atoms with Crippen LogP contribution in [0.25, 0.3) is 22.4 Å². The van der Waals surface area contributed by atoms with Crippen LogP contribution in [0.5, 0.6) is 0 Å². The van der Waals surface area contributed by atoms with Gasteiger partial charge in [0.25, 0.3) is 5.91 Å². The van der Waals surface area contributed by atoms with Crippen molar-refractivity contribution in [3.63, 3.8) is 0 Å². The Morgan fingerprint density at radius 2 is 2.00 bits per heavy atom. The number of fused-ring (bicyclic) bond motifs is 1. The minimum Gasteiger partial charge on any atom is -0.355 e. The first kappa shape index (κ1) is 17.9. The maximum absolute atomic E-state index is 13.0. The summed E-state index contributed by atoms with van der Waals surface area (Å²) >= 11 is 5.93. The number of hydrogen-bond donors (Lipinski definition) is 1. The Morgan fingerprint density at radius 1 is 1.17 bits per heavy atom. The van der Waals surface area contributed by atoms with E-state index in [1.165, 1.54) is 0 Å². The number of hydrogen-bond acceptors (Lipinski definition) is 4. The van der Waals surface area contributed by atoms with Gasteiger partial charge in [0.05, 0.1) is 11.0 Å². The second kappa shape index (κ2) is 7.37. The molecule has 0 radical (unpaired) electrons. The molecule has 5 rings (SSSR count). The summed E-state index contributed by atoms with van der Waals surface area (Å²) in [6.07, 6.45) is 1.92. The van der Waals surface area contributed by atoms with Crippen molar-refractivity contribution in [3.8, 4) is 11.3 Å². The van der Waals surface area contributed by atoms with Gasteiger partial charge >= 0.3 is 0 Å². The van der Waals surface area contributed by atoms with Crippen molar-refractivity contribution in [3.05, 3.63) is 71.1 Å². The molecule has 1 aliphatic heterocycles. The van der Waals surface area contributed by atoms with E-state index < -0.39 is 0 Å². The molecule has 1 atom stereocenters. The Labute approximate surface area is 172 Å². The van der Waals surface area contributed by atoms with Crippen LogP contribution >= 0.6 is 11.6 Å². The van der Waals surface area contributed by atoms with E-state index in [4.69, 9.17) is 21.1 Å². The molecule has 146 valence electrons. The molecule has 29 heavy (non-hydrogen) atoms. The van der Waals surface area contributed by atoms with E-state index in [1.807, 2.05) is 41.3 Å². The maximum Gasteiger partial charge on any atom is 0.276 e. The van der Waals surface area contributed by atoms with Gasteiger partial charge in [-0.1, -0.05) is 28.9 Å².